The molecule has 0 atom stereocenters. The van der Waals surface area contributed by atoms with E-state index in [0.717, 1.165) is 11.1 Å². The topological polar surface area (TPSA) is 58.2 Å². The highest BCUT2D eigenvalue weighted by molar-refractivity contribution is 7.12. The Labute approximate surface area is 156 Å². The van der Waals surface area contributed by atoms with E-state index in [1.165, 1.54) is 16.9 Å². The third-order valence-electron chi connectivity index (χ3n) is 4.10. The van der Waals surface area contributed by atoms with Crippen LogP contribution in [0.15, 0.2) is 60.0 Å². The third kappa shape index (κ3) is 4.18. The van der Waals surface area contributed by atoms with Crippen LogP contribution in [0, 0.1) is 13.8 Å². The molecule has 0 saturated carbocycles. The molecular formula is C21H20N2O2S. The van der Waals surface area contributed by atoms with Gasteiger partial charge in [0.2, 0.25) is 0 Å². The molecule has 3 aromatic rings. The summed E-state index contributed by atoms with van der Waals surface area (Å²) in [7, 11) is 0. The summed E-state index contributed by atoms with van der Waals surface area (Å²) in [4.78, 5) is 25.5. The average Bonchev–Trinajstić information content (AvgIpc) is 3.16. The first-order valence-corrected chi connectivity index (χ1v) is 9.21. The third-order valence-corrected chi connectivity index (χ3v) is 4.97. The second-order valence-corrected chi connectivity index (χ2v) is 7.04. The molecule has 3 rings (SSSR count). The van der Waals surface area contributed by atoms with Crippen molar-refractivity contribution in [3.63, 3.8) is 0 Å². The Morgan fingerprint density at radius 3 is 2.50 bits per heavy atom. The molecule has 0 aliphatic rings. The predicted molar refractivity (Wildman–Crippen MR) is 106 cm³/mol. The lowest BCUT2D eigenvalue weighted by atomic mass is 10.1. The van der Waals surface area contributed by atoms with Gasteiger partial charge in [-0.15, -0.1) is 11.3 Å². The van der Waals surface area contributed by atoms with E-state index in [1.54, 1.807) is 30.3 Å². The van der Waals surface area contributed by atoms with E-state index in [-0.39, 0.29) is 11.8 Å². The van der Waals surface area contributed by atoms with E-state index in [4.69, 9.17) is 0 Å². The molecule has 1 heterocycles. The monoisotopic (exact) mass is 364 g/mol. The van der Waals surface area contributed by atoms with Gasteiger partial charge in [-0.3, -0.25) is 9.59 Å². The zero-order valence-electron chi connectivity index (χ0n) is 14.7. The lowest BCUT2D eigenvalue weighted by Crippen LogP contribution is -2.25. The second-order valence-electron chi connectivity index (χ2n) is 6.09. The van der Waals surface area contributed by atoms with Crippen LogP contribution in [0.5, 0.6) is 0 Å². The first-order valence-electron chi connectivity index (χ1n) is 8.33. The zero-order valence-corrected chi connectivity index (χ0v) is 15.5. The number of para-hydroxylation sites is 1. The van der Waals surface area contributed by atoms with Gasteiger partial charge < -0.3 is 10.6 Å². The Bertz CT molecular complexity index is 933. The van der Waals surface area contributed by atoms with Gasteiger partial charge in [-0.05, 0) is 48.6 Å². The minimum atomic E-state index is -0.216. The number of anilines is 1. The molecule has 2 amide bonds. The number of carbonyl (C=O) groups is 2. The minimum absolute atomic E-state index is 0.213. The molecule has 2 N–H and O–H groups in total. The predicted octanol–water partition coefficient (Wildman–Crippen LogP) is 4.55. The summed E-state index contributed by atoms with van der Waals surface area (Å²) < 4.78 is 0. The highest BCUT2D eigenvalue weighted by Gasteiger charge is 2.14. The smallest absolute Gasteiger partial charge is 0.265 e. The SMILES string of the molecule is Cc1ccc(CNC(=O)c2ccccc2NC(=O)c2cccs2)c(C)c1. The Morgan fingerprint density at radius 1 is 0.962 bits per heavy atom. The largest absolute Gasteiger partial charge is 0.348 e. The van der Waals surface area contributed by atoms with Crippen LogP contribution in [0.1, 0.15) is 36.7 Å². The molecule has 4 nitrogen and oxygen atoms in total. The quantitative estimate of drug-likeness (QED) is 0.698. The van der Waals surface area contributed by atoms with Gasteiger partial charge in [0.1, 0.15) is 0 Å². The summed E-state index contributed by atoms with van der Waals surface area (Å²) in [6.07, 6.45) is 0. The second kappa shape index (κ2) is 7.97. The van der Waals surface area contributed by atoms with Crippen LogP contribution in [-0.2, 0) is 6.54 Å². The number of hydrogen-bond acceptors (Lipinski definition) is 3. The summed E-state index contributed by atoms with van der Waals surface area (Å²) in [6, 6.07) is 16.7. The maximum absolute atomic E-state index is 12.6. The molecule has 0 bridgehead atoms. The Kier molecular flexibility index (Phi) is 5.49. The normalized spacial score (nSPS) is 10.4. The summed E-state index contributed by atoms with van der Waals surface area (Å²) in [5.41, 5.74) is 4.36. The minimum Gasteiger partial charge on any atom is -0.348 e. The number of nitrogens with one attached hydrogen (secondary N) is 2. The average molecular weight is 364 g/mol. The van der Waals surface area contributed by atoms with Crippen molar-refractivity contribution in [1.82, 2.24) is 5.32 Å². The van der Waals surface area contributed by atoms with E-state index in [9.17, 15) is 9.59 Å². The molecule has 2 aromatic carbocycles. The lowest BCUT2D eigenvalue weighted by molar-refractivity contribution is 0.0951. The summed E-state index contributed by atoms with van der Waals surface area (Å²) in [5, 5.41) is 7.60. The van der Waals surface area contributed by atoms with Crippen molar-refractivity contribution in [1.29, 1.82) is 0 Å². The van der Waals surface area contributed by atoms with Crippen LogP contribution in [0.25, 0.3) is 0 Å². The van der Waals surface area contributed by atoms with Gasteiger partial charge >= 0.3 is 0 Å². The number of amides is 2. The van der Waals surface area contributed by atoms with Crippen LogP contribution >= 0.6 is 11.3 Å². The number of benzene rings is 2. The number of aryl methyl sites for hydroxylation is 2. The molecule has 0 spiro atoms. The Hall–Kier alpha value is -2.92. The van der Waals surface area contributed by atoms with Crippen molar-refractivity contribution in [2.75, 3.05) is 5.32 Å². The number of rotatable bonds is 5. The van der Waals surface area contributed by atoms with E-state index < -0.39 is 0 Å². The molecule has 0 unspecified atom stereocenters. The van der Waals surface area contributed by atoms with E-state index in [0.29, 0.717) is 22.7 Å². The van der Waals surface area contributed by atoms with Crippen LogP contribution < -0.4 is 10.6 Å². The van der Waals surface area contributed by atoms with Crippen molar-refractivity contribution < 1.29 is 9.59 Å². The maximum Gasteiger partial charge on any atom is 0.265 e. The summed E-state index contributed by atoms with van der Waals surface area (Å²) in [6.45, 7) is 4.52. The van der Waals surface area contributed by atoms with Gasteiger partial charge in [-0.25, -0.2) is 0 Å². The van der Waals surface area contributed by atoms with Crippen LogP contribution in [0.3, 0.4) is 0 Å². The number of hydrogen-bond donors (Lipinski definition) is 2. The van der Waals surface area contributed by atoms with Crippen LogP contribution in [0.4, 0.5) is 5.69 Å². The van der Waals surface area contributed by atoms with E-state index >= 15 is 0 Å². The molecule has 0 radical (unpaired) electrons. The van der Waals surface area contributed by atoms with Gasteiger partial charge in [0.25, 0.3) is 11.8 Å². The van der Waals surface area contributed by atoms with Crippen molar-refractivity contribution in [2.24, 2.45) is 0 Å². The first-order chi connectivity index (χ1) is 12.5. The molecule has 132 valence electrons. The fraction of sp³-hybridized carbons (Fsp3) is 0.143. The molecule has 5 heteroatoms. The molecular weight excluding hydrogens is 344 g/mol. The van der Waals surface area contributed by atoms with Gasteiger partial charge in [0.15, 0.2) is 0 Å². The molecule has 0 saturated heterocycles. The van der Waals surface area contributed by atoms with Gasteiger partial charge in [-0.1, -0.05) is 42.0 Å². The summed E-state index contributed by atoms with van der Waals surface area (Å²) >= 11 is 1.36. The molecule has 1 aromatic heterocycles. The molecule has 0 aliphatic carbocycles. The van der Waals surface area contributed by atoms with E-state index in [2.05, 4.69) is 16.7 Å². The highest BCUT2D eigenvalue weighted by atomic mass is 32.1. The fourth-order valence-electron chi connectivity index (χ4n) is 2.70. The van der Waals surface area contributed by atoms with Crippen molar-refractivity contribution in [3.05, 3.63) is 87.1 Å². The van der Waals surface area contributed by atoms with Crippen molar-refractivity contribution >= 4 is 28.8 Å². The standard InChI is InChI=1S/C21H20N2O2S/c1-14-9-10-16(15(2)12-14)13-22-20(24)17-6-3-4-7-18(17)23-21(25)19-8-5-11-26-19/h3-12H,13H2,1-2H3,(H,22,24)(H,23,25). The highest BCUT2D eigenvalue weighted by Crippen LogP contribution is 2.18. The van der Waals surface area contributed by atoms with Crippen LogP contribution in [-0.4, -0.2) is 11.8 Å². The maximum atomic E-state index is 12.6. The molecule has 26 heavy (non-hydrogen) atoms. The molecule has 0 aliphatic heterocycles. The van der Waals surface area contributed by atoms with E-state index in [1.807, 2.05) is 37.4 Å². The van der Waals surface area contributed by atoms with Gasteiger partial charge in [0, 0.05) is 6.54 Å². The molecule has 0 fully saturated rings. The Balaban J connectivity index is 1.72. The number of carbonyl (C=O) groups excluding carboxylic acids is 2. The van der Waals surface area contributed by atoms with Gasteiger partial charge in [-0.2, -0.15) is 0 Å². The summed E-state index contributed by atoms with van der Waals surface area (Å²) in [5.74, 6) is -0.429. The van der Waals surface area contributed by atoms with Crippen molar-refractivity contribution in [3.8, 4) is 0 Å². The Morgan fingerprint density at radius 2 is 1.77 bits per heavy atom. The first kappa shape index (κ1) is 17.9. The fourth-order valence-corrected chi connectivity index (χ4v) is 3.32. The number of thiophene rings is 1. The van der Waals surface area contributed by atoms with Gasteiger partial charge in [0.05, 0.1) is 16.1 Å². The van der Waals surface area contributed by atoms with Crippen LogP contribution in [0.2, 0.25) is 0 Å². The zero-order chi connectivity index (χ0) is 18.5. The lowest BCUT2D eigenvalue weighted by Gasteiger charge is -2.12. The van der Waals surface area contributed by atoms with Crippen molar-refractivity contribution in [2.45, 2.75) is 20.4 Å².